The van der Waals surface area contributed by atoms with Crippen LogP contribution in [-0.4, -0.2) is 25.9 Å². The van der Waals surface area contributed by atoms with Gasteiger partial charge in [-0.25, -0.2) is 19.3 Å². The molecule has 0 bridgehead atoms. The zero-order valence-corrected chi connectivity index (χ0v) is 16.3. The first-order valence-corrected chi connectivity index (χ1v) is 9.96. The van der Waals surface area contributed by atoms with Gasteiger partial charge in [0.05, 0.1) is 5.69 Å². The second-order valence-electron chi connectivity index (χ2n) is 8.40. The molecule has 3 aromatic heterocycles. The number of pyridine rings is 1. The highest BCUT2D eigenvalue weighted by molar-refractivity contribution is 5.81. The molecular weight excluding hydrogens is 353 g/mol. The van der Waals surface area contributed by atoms with Crippen LogP contribution in [0.2, 0.25) is 0 Å². The summed E-state index contributed by atoms with van der Waals surface area (Å²) in [6, 6.07) is 1.57. The summed E-state index contributed by atoms with van der Waals surface area (Å²) >= 11 is 0. The molecule has 144 valence electrons. The number of nitrogens with one attached hydrogen (secondary N) is 1. The van der Waals surface area contributed by atoms with Gasteiger partial charge < -0.3 is 9.72 Å². The van der Waals surface area contributed by atoms with Gasteiger partial charge in [0, 0.05) is 42.0 Å². The molecule has 2 aliphatic carbocycles. The average molecular weight is 377 g/mol. The fourth-order valence-electron chi connectivity index (χ4n) is 3.81. The molecule has 3 aromatic rings. The third-order valence-corrected chi connectivity index (χ3v) is 5.96. The van der Waals surface area contributed by atoms with E-state index in [1.165, 1.54) is 12.8 Å². The maximum absolute atomic E-state index is 14.6. The van der Waals surface area contributed by atoms with Crippen molar-refractivity contribution in [2.24, 2.45) is 5.41 Å². The topological polar surface area (TPSA) is 55.1 Å². The summed E-state index contributed by atoms with van der Waals surface area (Å²) in [5, 5.41) is 3.40. The van der Waals surface area contributed by atoms with E-state index in [0.717, 1.165) is 53.9 Å². The van der Waals surface area contributed by atoms with Crippen molar-refractivity contribution in [2.45, 2.75) is 46.0 Å². The highest BCUT2D eigenvalue weighted by Gasteiger charge is 2.37. The van der Waals surface area contributed by atoms with Gasteiger partial charge in [0.15, 0.2) is 11.5 Å². The summed E-state index contributed by atoms with van der Waals surface area (Å²) < 4.78 is 16.4. The third-order valence-electron chi connectivity index (χ3n) is 5.96. The Kier molecular flexibility index (Phi) is 3.96. The molecule has 0 aromatic carbocycles. The Labute approximate surface area is 163 Å². The van der Waals surface area contributed by atoms with Gasteiger partial charge >= 0.3 is 0 Å². The minimum atomic E-state index is -0.311. The van der Waals surface area contributed by atoms with Gasteiger partial charge in [-0.1, -0.05) is 13.0 Å². The number of hydrogen-bond acceptors (Lipinski definition) is 4. The van der Waals surface area contributed by atoms with Crippen molar-refractivity contribution < 1.29 is 4.39 Å². The summed E-state index contributed by atoms with van der Waals surface area (Å²) in [5.41, 5.74) is 5.54. The van der Waals surface area contributed by atoms with Crippen molar-refractivity contribution in [1.29, 1.82) is 0 Å². The number of anilines is 1. The predicted octanol–water partition coefficient (Wildman–Crippen LogP) is 4.55. The number of rotatable bonds is 4. The van der Waals surface area contributed by atoms with Crippen LogP contribution in [-0.2, 0) is 6.42 Å². The van der Waals surface area contributed by atoms with Crippen LogP contribution in [0.1, 0.15) is 55.1 Å². The molecule has 5 nitrogen and oxygen atoms in total. The van der Waals surface area contributed by atoms with Gasteiger partial charge in [-0.2, -0.15) is 0 Å². The maximum Gasteiger partial charge on any atom is 0.222 e. The van der Waals surface area contributed by atoms with E-state index >= 15 is 0 Å². The number of hydrogen-bond donors (Lipinski definition) is 1. The fourth-order valence-corrected chi connectivity index (χ4v) is 3.81. The van der Waals surface area contributed by atoms with Gasteiger partial charge in [0.1, 0.15) is 0 Å². The molecule has 5 rings (SSSR count). The SMILES string of the molecule is Cc1cnc2c(F)cc(C3=CCCCc4nc(NCC5(C)CC5)ncc43)cn12. The highest BCUT2D eigenvalue weighted by Crippen LogP contribution is 2.44. The fraction of sp³-hybridized carbons (Fsp3) is 0.409. The number of aromatic nitrogens is 4. The van der Waals surface area contributed by atoms with Crippen molar-refractivity contribution in [2.75, 3.05) is 11.9 Å². The molecule has 1 fully saturated rings. The van der Waals surface area contributed by atoms with E-state index in [2.05, 4.69) is 28.3 Å². The molecule has 2 aliphatic rings. The normalized spacial score (nSPS) is 17.8. The number of imidazole rings is 1. The Balaban J connectivity index is 1.53. The van der Waals surface area contributed by atoms with Crippen LogP contribution in [0.25, 0.3) is 11.2 Å². The molecule has 3 heterocycles. The lowest BCUT2D eigenvalue weighted by molar-refractivity contribution is 0.607. The van der Waals surface area contributed by atoms with Crippen molar-refractivity contribution in [3.8, 4) is 0 Å². The summed E-state index contributed by atoms with van der Waals surface area (Å²) in [6.07, 6.45) is 13.1. The van der Waals surface area contributed by atoms with Crippen LogP contribution in [0.3, 0.4) is 0 Å². The minimum absolute atomic E-state index is 0.311. The molecule has 0 aliphatic heterocycles. The van der Waals surface area contributed by atoms with E-state index < -0.39 is 0 Å². The molecule has 0 amide bonds. The van der Waals surface area contributed by atoms with Crippen LogP contribution in [0.4, 0.5) is 10.3 Å². The molecule has 0 saturated heterocycles. The number of aryl methyl sites for hydroxylation is 2. The van der Waals surface area contributed by atoms with Crippen molar-refractivity contribution in [1.82, 2.24) is 19.4 Å². The smallest absolute Gasteiger partial charge is 0.222 e. The molecule has 6 heteroatoms. The first kappa shape index (κ1) is 17.3. The molecule has 0 unspecified atom stereocenters. The Morgan fingerprint density at radius 2 is 2.11 bits per heavy atom. The van der Waals surface area contributed by atoms with Gasteiger partial charge in [0.25, 0.3) is 0 Å². The third kappa shape index (κ3) is 3.07. The number of nitrogens with zero attached hydrogens (tertiary/aromatic N) is 4. The number of halogens is 1. The second-order valence-corrected chi connectivity index (χ2v) is 8.40. The van der Waals surface area contributed by atoms with Crippen LogP contribution in [0, 0.1) is 18.2 Å². The molecular formula is C22H24FN5. The van der Waals surface area contributed by atoms with Crippen molar-refractivity contribution >= 4 is 17.2 Å². The highest BCUT2D eigenvalue weighted by atomic mass is 19.1. The lowest BCUT2D eigenvalue weighted by atomic mass is 9.99. The predicted molar refractivity (Wildman–Crippen MR) is 108 cm³/mol. The Bertz CT molecular complexity index is 1090. The van der Waals surface area contributed by atoms with Gasteiger partial charge in [-0.15, -0.1) is 0 Å². The molecule has 0 radical (unpaired) electrons. The summed E-state index contributed by atoms with van der Waals surface area (Å²) in [5.74, 6) is 0.384. The standard InChI is InChI=1S/C22H24FN5/c1-14-10-24-20-18(23)9-15(12-28(14)20)16-5-3-4-6-19-17(16)11-25-21(27-19)26-13-22(2)7-8-22/h5,9-12H,3-4,6-8,13H2,1-2H3,(H,25,26,27). The van der Waals surface area contributed by atoms with Crippen LogP contribution >= 0.6 is 0 Å². The zero-order chi connectivity index (χ0) is 19.3. The van der Waals surface area contributed by atoms with E-state index in [4.69, 9.17) is 4.98 Å². The lowest BCUT2D eigenvalue weighted by Crippen LogP contribution is -2.15. The lowest BCUT2D eigenvalue weighted by Gasteiger charge is -2.14. The Hall–Kier alpha value is -2.76. The van der Waals surface area contributed by atoms with Gasteiger partial charge in [0.2, 0.25) is 5.95 Å². The monoisotopic (exact) mass is 377 g/mol. The Morgan fingerprint density at radius 3 is 2.93 bits per heavy atom. The number of fused-ring (bicyclic) bond motifs is 2. The van der Waals surface area contributed by atoms with Gasteiger partial charge in [-0.3, -0.25) is 0 Å². The molecule has 0 spiro atoms. The zero-order valence-electron chi connectivity index (χ0n) is 16.3. The summed E-state index contributed by atoms with van der Waals surface area (Å²) in [7, 11) is 0. The number of allylic oxidation sites excluding steroid dienone is 1. The quantitative estimate of drug-likeness (QED) is 0.725. The summed E-state index contributed by atoms with van der Waals surface area (Å²) in [4.78, 5) is 13.5. The maximum atomic E-state index is 14.6. The van der Waals surface area contributed by atoms with E-state index in [1.807, 2.05) is 23.7 Å². The first-order chi connectivity index (χ1) is 13.5. The largest absolute Gasteiger partial charge is 0.354 e. The summed E-state index contributed by atoms with van der Waals surface area (Å²) in [6.45, 7) is 5.13. The Morgan fingerprint density at radius 1 is 1.25 bits per heavy atom. The van der Waals surface area contributed by atoms with E-state index in [0.29, 0.717) is 17.0 Å². The van der Waals surface area contributed by atoms with Crippen LogP contribution < -0.4 is 5.32 Å². The molecule has 1 N–H and O–H groups in total. The van der Waals surface area contributed by atoms with Crippen LogP contribution in [0.15, 0.2) is 30.7 Å². The first-order valence-electron chi connectivity index (χ1n) is 9.96. The van der Waals surface area contributed by atoms with Gasteiger partial charge in [-0.05, 0) is 56.1 Å². The van der Waals surface area contributed by atoms with E-state index in [1.54, 1.807) is 12.3 Å². The molecule has 1 saturated carbocycles. The second kappa shape index (κ2) is 6.40. The minimum Gasteiger partial charge on any atom is -0.354 e. The average Bonchev–Trinajstić information content (AvgIpc) is 3.37. The molecule has 0 atom stereocenters. The van der Waals surface area contributed by atoms with E-state index in [-0.39, 0.29) is 5.82 Å². The van der Waals surface area contributed by atoms with E-state index in [9.17, 15) is 4.39 Å². The molecule has 28 heavy (non-hydrogen) atoms. The van der Waals surface area contributed by atoms with Crippen molar-refractivity contribution in [3.63, 3.8) is 0 Å². The van der Waals surface area contributed by atoms with Crippen molar-refractivity contribution in [3.05, 3.63) is 59.1 Å². The van der Waals surface area contributed by atoms with Crippen LogP contribution in [0.5, 0.6) is 0 Å².